The molecule has 1 N–H and O–H groups in total. The first-order valence-electron chi connectivity index (χ1n) is 12.8. The van der Waals surface area contributed by atoms with Gasteiger partial charge in [-0.25, -0.2) is 9.89 Å². The molecule has 0 spiro atoms. The van der Waals surface area contributed by atoms with Gasteiger partial charge in [-0.3, -0.25) is 14.1 Å². The highest BCUT2D eigenvalue weighted by Crippen LogP contribution is 2.32. The summed E-state index contributed by atoms with van der Waals surface area (Å²) in [4.78, 5) is 18.3. The maximum Gasteiger partial charge on any atom is 0.334 e. The summed E-state index contributed by atoms with van der Waals surface area (Å²) in [5.74, 6) is 1.54. The Kier molecular flexibility index (Phi) is 7.11. The maximum atomic E-state index is 13.9. The average Bonchev–Trinajstić information content (AvgIpc) is 3.65. The third-order valence-electron chi connectivity index (χ3n) is 6.77. The first-order valence-corrected chi connectivity index (χ1v) is 12.8. The van der Waals surface area contributed by atoms with Crippen LogP contribution in [0.2, 0.25) is 0 Å². The summed E-state index contributed by atoms with van der Waals surface area (Å²) in [7, 11) is 2.00. The van der Waals surface area contributed by atoms with Gasteiger partial charge in [-0.2, -0.15) is 0 Å². The van der Waals surface area contributed by atoms with E-state index in [4.69, 9.17) is 0 Å². The third-order valence-corrected chi connectivity index (χ3v) is 6.77. The Labute approximate surface area is 215 Å². The normalized spacial score (nSPS) is 11.3. The Morgan fingerprint density at radius 3 is 2.54 bits per heavy atom. The van der Waals surface area contributed by atoms with Crippen LogP contribution in [0.15, 0.2) is 66.0 Å². The smallest absolute Gasteiger partial charge is 0.334 e. The summed E-state index contributed by atoms with van der Waals surface area (Å²) in [6, 6.07) is 12.1. The zero-order valence-corrected chi connectivity index (χ0v) is 21.6. The summed E-state index contributed by atoms with van der Waals surface area (Å²) < 4.78 is 5.76. The summed E-state index contributed by atoms with van der Waals surface area (Å²) in [6.07, 6.45) is 12.5. The van der Waals surface area contributed by atoms with E-state index in [9.17, 15) is 4.79 Å². The Morgan fingerprint density at radius 1 is 0.946 bits per heavy atom. The molecule has 1 aromatic carbocycles. The van der Waals surface area contributed by atoms with Gasteiger partial charge in [-0.05, 0) is 64.1 Å². The molecule has 4 heterocycles. The summed E-state index contributed by atoms with van der Waals surface area (Å²) in [6.45, 7) is 4.75. The number of tetrazole rings is 1. The molecule has 190 valence electrons. The number of benzene rings is 1. The Hall–Kier alpha value is -4.27. The van der Waals surface area contributed by atoms with Crippen molar-refractivity contribution >= 4 is 0 Å². The molecular formula is C28H32N8O. The van der Waals surface area contributed by atoms with Crippen LogP contribution in [-0.4, -0.2) is 39.3 Å². The molecule has 0 aliphatic carbocycles. The van der Waals surface area contributed by atoms with Crippen molar-refractivity contribution < 1.29 is 0 Å². The number of H-pyrrole nitrogens is 1. The molecule has 0 aliphatic heterocycles. The fourth-order valence-electron chi connectivity index (χ4n) is 4.95. The average molecular weight is 497 g/mol. The molecule has 0 radical (unpaired) electrons. The van der Waals surface area contributed by atoms with Crippen molar-refractivity contribution in [3.8, 4) is 28.3 Å². The predicted molar refractivity (Wildman–Crippen MR) is 144 cm³/mol. The van der Waals surface area contributed by atoms with Gasteiger partial charge in [0.2, 0.25) is 0 Å². The van der Waals surface area contributed by atoms with Crippen LogP contribution in [0, 0.1) is 0 Å². The second kappa shape index (κ2) is 10.8. The second-order valence-corrected chi connectivity index (χ2v) is 9.32. The van der Waals surface area contributed by atoms with Crippen LogP contribution in [0.5, 0.6) is 0 Å². The molecule has 4 aromatic heterocycles. The number of unbranched alkanes of at least 4 members (excludes halogenated alkanes) is 1. The number of imidazole rings is 1. The molecular weight excluding hydrogens is 464 g/mol. The fraction of sp³-hybridized carbons (Fsp3) is 0.321. The van der Waals surface area contributed by atoms with Gasteiger partial charge in [0, 0.05) is 43.1 Å². The highest BCUT2D eigenvalue weighted by molar-refractivity contribution is 5.81. The van der Waals surface area contributed by atoms with E-state index in [2.05, 4.69) is 45.5 Å². The number of pyridine rings is 1. The number of hydrogen-bond acceptors (Lipinski definition) is 5. The molecule has 5 aromatic rings. The van der Waals surface area contributed by atoms with Gasteiger partial charge in [0.05, 0.1) is 6.54 Å². The number of hydrogen-bond donors (Lipinski definition) is 1. The molecule has 37 heavy (non-hydrogen) atoms. The minimum Gasteiger partial charge on any atom is -0.337 e. The summed E-state index contributed by atoms with van der Waals surface area (Å²) in [5.41, 5.74) is 6.00. The molecule has 5 rings (SSSR count). The van der Waals surface area contributed by atoms with E-state index in [0.717, 1.165) is 65.9 Å². The minimum atomic E-state index is -0.0345. The first-order chi connectivity index (χ1) is 18.1. The predicted octanol–water partition coefficient (Wildman–Crippen LogP) is 4.56. The number of aryl methyl sites for hydroxylation is 3. The van der Waals surface area contributed by atoms with Gasteiger partial charge in [-0.15, -0.1) is 5.10 Å². The van der Waals surface area contributed by atoms with Crippen LogP contribution in [0.1, 0.15) is 49.9 Å². The number of rotatable bonds is 10. The van der Waals surface area contributed by atoms with Crippen LogP contribution < -0.4 is 5.69 Å². The number of nitrogens with zero attached hydrogens (tertiary/aromatic N) is 7. The minimum absolute atomic E-state index is 0.0345. The molecule has 0 amide bonds. The van der Waals surface area contributed by atoms with Crippen LogP contribution in [0.25, 0.3) is 28.3 Å². The highest BCUT2D eigenvalue weighted by Gasteiger charge is 2.19. The second-order valence-electron chi connectivity index (χ2n) is 9.32. The summed E-state index contributed by atoms with van der Waals surface area (Å²) >= 11 is 0. The third kappa shape index (κ3) is 4.76. The van der Waals surface area contributed by atoms with E-state index in [1.807, 2.05) is 69.7 Å². The molecule has 0 atom stereocenters. The monoisotopic (exact) mass is 496 g/mol. The van der Waals surface area contributed by atoms with Gasteiger partial charge in [0.1, 0.15) is 5.82 Å². The van der Waals surface area contributed by atoms with Crippen LogP contribution in [-0.2, 0) is 26.4 Å². The lowest BCUT2D eigenvalue weighted by Gasteiger charge is -2.14. The van der Waals surface area contributed by atoms with Crippen molar-refractivity contribution in [1.29, 1.82) is 0 Å². The molecule has 0 unspecified atom stereocenters. The molecule has 9 nitrogen and oxygen atoms in total. The lowest BCUT2D eigenvalue weighted by molar-refractivity contribution is 0.669. The topological polar surface area (TPSA) is 99.2 Å². The number of nitrogens with one attached hydrogen (secondary N) is 1. The largest absolute Gasteiger partial charge is 0.337 e. The zero-order valence-electron chi connectivity index (χ0n) is 21.6. The standard InChI is InChI=1S/C28H32N8O/c1-4-6-10-22-19-36(27-20(9-5-2)14-16-34(27)3)28(37)35(22)18-21-17-29-15-13-23(21)24-11-7-8-12-25(24)26-30-32-33-31-26/h7-8,11-17,19H,4-6,9-10,18H2,1-3H3,(H,30,31,32,33). The van der Waals surface area contributed by atoms with Crippen LogP contribution in [0.4, 0.5) is 0 Å². The van der Waals surface area contributed by atoms with E-state index in [1.54, 1.807) is 6.20 Å². The highest BCUT2D eigenvalue weighted by atomic mass is 16.1. The van der Waals surface area contributed by atoms with Gasteiger partial charge < -0.3 is 4.57 Å². The number of aromatic nitrogens is 8. The van der Waals surface area contributed by atoms with Crippen molar-refractivity contribution in [1.82, 2.24) is 39.3 Å². The summed E-state index contributed by atoms with van der Waals surface area (Å²) in [5, 5.41) is 14.5. The van der Waals surface area contributed by atoms with Crippen molar-refractivity contribution in [3.05, 3.63) is 88.5 Å². The van der Waals surface area contributed by atoms with E-state index < -0.39 is 0 Å². The fourth-order valence-corrected chi connectivity index (χ4v) is 4.95. The zero-order chi connectivity index (χ0) is 25.8. The lowest BCUT2D eigenvalue weighted by Crippen LogP contribution is -2.26. The van der Waals surface area contributed by atoms with E-state index in [0.29, 0.717) is 12.4 Å². The van der Waals surface area contributed by atoms with Crippen molar-refractivity contribution in [3.63, 3.8) is 0 Å². The molecule has 0 saturated heterocycles. The Bertz CT molecular complexity index is 1540. The first kappa shape index (κ1) is 24.4. The maximum absolute atomic E-state index is 13.9. The van der Waals surface area contributed by atoms with Crippen molar-refractivity contribution in [2.24, 2.45) is 7.05 Å². The molecule has 9 heteroatoms. The van der Waals surface area contributed by atoms with Crippen LogP contribution in [0.3, 0.4) is 0 Å². The van der Waals surface area contributed by atoms with E-state index in [-0.39, 0.29) is 5.69 Å². The van der Waals surface area contributed by atoms with Gasteiger partial charge in [0.15, 0.2) is 5.82 Å². The molecule has 0 saturated carbocycles. The Balaban J connectivity index is 1.62. The van der Waals surface area contributed by atoms with Gasteiger partial charge >= 0.3 is 5.69 Å². The molecule has 0 fully saturated rings. The molecule has 0 bridgehead atoms. The van der Waals surface area contributed by atoms with E-state index >= 15 is 0 Å². The Morgan fingerprint density at radius 2 is 1.78 bits per heavy atom. The number of aromatic amines is 1. The quantitative estimate of drug-likeness (QED) is 0.306. The van der Waals surface area contributed by atoms with Crippen molar-refractivity contribution in [2.45, 2.75) is 52.5 Å². The SMILES string of the molecule is CCCCc1cn(-c2c(CCC)ccn2C)c(=O)n1Cc1cnccc1-c1ccccc1-c1nnn[nH]1. The van der Waals surface area contributed by atoms with Crippen molar-refractivity contribution in [2.75, 3.05) is 0 Å². The van der Waals surface area contributed by atoms with E-state index in [1.165, 1.54) is 5.56 Å². The van der Waals surface area contributed by atoms with Crippen LogP contribution >= 0.6 is 0 Å². The van der Waals surface area contributed by atoms with Gasteiger partial charge in [-0.1, -0.05) is 51.0 Å². The molecule has 0 aliphatic rings. The van der Waals surface area contributed by atoms with Gasteiger partial charge in [0.25, 0.3) is 0 Å². The lowest BCUT2D eigenvalue weighted by atomic mass is 9.96.